The molecule has 1 amide bonds. The first-order chi connectivity index (χ1) is 10.6. The molecule has 120 valence electrons. The molecule has 2 heterocycles. The number of carbonyl (C=O) groups is 1. The summed E-state index contributed by atoms with van der Waals surface area (Å²) in [5.74, 6) is 1.71. The lowest BCUT2D eigenvalue weighted by molar-refractivity contribution is -0.132. The van der Waals surface area contributed by atoms with Gasteiger partial charge in [0, 0.05) is 25.9 Å². The van der Waals surface area contributed by atoms with Gasteiger partial charge in [0.2, 0.25) is 17.7 Å². The SMILES string of the molecule is CC(=O)N1CCC[C@H](c2nnc(CC3=CCCCC3)o2)[C@@H]1C. The van der Waals surface area contributed by atoms with E-state index in [2.05, 4.69) is 23.2 Å². The summed E-state index contributed by atoms with van der Waals surface area (Å²) >= 11 is 0. The van der Waals surface area contributed by atoms with E-state index < -0.39 is 0 Å². The van der Waals surface area contributed by atoms with Crippen LogP contribution in [-0.2, 0) is 11.2 Å². The van der Waals surface area contributed by atoms with Crippen molar-refractivity contribution in [3.05, 3.63) is 23.4 Å². The quantitative estimate of drug-likeness (QED) is 0.804. The lowest BCUT2D eigenvalue weighted by Gasteiger charge is -2.37. The van der Waals surface area contributed by atoms with E-state index in [9.17, 15) is 4.79 Å². The molecule has 0 radical (unpaired) electrons. The van der Waals surface area contributed by atoms with Crippen molar-refractivity contribution in [3.63, 3.8) is 0 Å². The Hall–Kier alpha value is -1.65. The summed E-state index contributed by atoms with van der Waals surface area (Å²) in [6.07, 6.45) is 9.98. The number of nitrogens with zero attached hydrogens (tertiary/aromatic N) is 3. The van der Waals surface area contributed by atoms with Crippen molar-refractivity contribution in [2.24, 2.45) is 0 Å². The number of likely N-dealkylation sites (tertiary alicyclic amines) is 1. The average molecular weight is 303 g/mol. The number of amides is 1. The fraction of sp³-hybridized carbons (Fsp3) is 0.706. The van der Waals surface area contributed by atoms with E-state index in [4.69, 9.17) is 4.42 Å². The molecule has 2 aliphatic rings. The molecule has 1 aromatic rings. The van der Waals surface area contributed by atoms with Crippen molar-refractivity contribution in [2.45, 2.75) is 70.8 Å². The highest BCUT2D eigenvalue weighted by atomic mass is 16.4. The third-order valence-electron chi connectivity index (χ3n) is 4.96. The Morgan fingerprint density at radius 1 is 1.36 bits per heavy atom. The molecule has 0 aromatic carbocycles. The summed E-state index contributed by atoms with van der Waals surface area (Å²) < 4.78 is 5.92. The molecule has 0 spiro atoms. The van der Waals surface area contributed by atoms with Gasteiger partial charge >= 0.3 is 0 Å². The minimum Gasteiger partial charge on any atom is -0.425 e. The van der Waals surface area contributed by atoms with Gasteiger partial charge in [0.25, 0.3) is 0 Å². The second-order valence-electron chi connectivity index (χ2n) is 6.52. The van der Waals surface area contributed by atoms with Crippen molar-refractivity contribution < 1.29 is 9.21 Å². The van der Waals surface area contributed by atoms with Crippen molar-refractivity contribution in [2.75, 3.05) is 6.54 Å². The molecule has 1 aliphatic heterocycles. The molecule has 1 saturated heterocycles. The number of piperidine rings is 1. The average Bonchev–Trinajstić information content (AvgIpc) is 2.96. The third kappa shape index (κ3) is 3.23. The van der Waals surface area contributed by atoms with E-state index >= 15 is 0 Å². The highest BCUT2D eigenvalue weighted by Crippen LogP contribution is 2.32. The molecule has 1 fully saturated rings. The van der Waals surface area contributed by atoms with Gasteiger partial charge in [0.1, 0.15) is 0 Å². The van der Waals surface area contributed by atoms with Gasteiger partial charge < -0.3 is 9.32 Å². The van der Waals surface area contributed by atoms with E-state index in [0.29, 0.717) is 5.89 Å². The first-order valence-electron chi connectivity index (χ1n) is 8.42. The van der Waals surface area contributed by atoms with Crippen LogP contribution in [0.5, 0.6) is 0 Å². The fourth-order valence-corrected chi connectivity index (χ4v) is 3.66. The molecule has 0 bridgehead atoms. The monoisotopic (exact) mass is 303 g/mol. The van der Waals surface area contributed by atoms with Crippen molar-refractivity contribution in [1.29, 1.82) is 0 Å². The van der Waals surface area contributed by atoms with Gasteiger partial charge in [-0.2, -0.15) is 0 Å². The van der Waals surface area contributed by atoms with E-state index in [1.807, 2.05) is 4.90 Å². The molecule has 0 unspecified atom stereocenters. The van der Waals surface area contributed by atoms with E-state index in [-0.39, 0.29) is 17.9 Å². The fourth-order valence-electron chi connectivity index (χ4n) is 3.66. The van der Waals surface area contributed by atoms with E-state index in [1.54, 1.807) is 6.92 Å². The second-order valence-corrected chi connectivity index (χ2v) is 6.52. The van der Waals surface area contributed by atoms with Crippen LogP contribution in [0, 0.1) is 0 Å². The van der Waals surface area contributed by atoms with Crippen LogP contribution in [0.1, 0.15) is 70.1 Å². The molecule has 0 N–H and O–H groups in total. The third-order valence-corrected chi connectivity index (χ3v) is 4.96. The normalized spacial score (nSPS) is 25.9. The molecule has 1 aliphatic carbocycles. The van der Waals surface area contributed by atoms with Crippen molar-refractivity contribution in [1.82, 2.24) is 15.1 Å². The first kappa shape index (κ1) is 15.3. The summed E-state index contributed by atoms with van der Waals surface area (Å²) in [6, 6.07) is 0.133. The predicted molar refractivity (Wildman–Crippen MR) is 83.4 cm³/mol. The number of aromatic nitrogens is 2. The van der Waals surface area contributed by atoms with Crippen LogP contribution in [0.2, 0.25) is 0 Å². The zero-order valence-electron chi connectivity index (χ0n) is 13.5. The molecule has 5 heteroatoms. The maximum absolute atomic E-state index is 11.7. The van der Waals surface area contributed by atoms with Crippen LogP contribution >= 0.6 is 0 Å². The number of allylic oxidation sites excluding steroid dienone is 2. The van der Waals surface area contributed by atoms with Crippen LogP contribution in [0.15, 0.2) is 16.1 Å². The number of hydrogen-bond acceptors (Lipinski definition) is 4. The van der Waals surface area contributed by atoms with Crippen molar-refractivity contribution >= 4 is 5.91 Å². The zero-order valence-corrected chi connectivity index (χ0v) is 13.5. The van der Waals surface area contributed by atoms with Gasteiger partial charge in [-0.05, 0) is 45.4 Å². The number of rotatable bonds is 3. The molecular weight excluding hydrogens is 278 g/mol. The maximum atomic E-state index is 11.7. The number of carbonyl (C=O) groups excluding carboxylic acids is 1. The smallest absolute Gasteiger partial charge is 0.221 e. The first-order valence-corrected chi connectivity index (χ1v) is 8.42. The van der Waals surface area contributed by atoms with Gasteiger partial charge in [-0.3, -0.25) is 4.79 Å². The maximum Gasteiger partial charge on any atom is 0.221 e. The Morgan fingerprint density at radius 2 is 2.23 bits per heavy atom. The van der Waals surface area contributed by atoms with Gasteiger partial charge in [-0.1, -0.05) is 11.6 Å². The molecule has 1 aromatic heterocycles. The molecule has 3 rings (SSSR count). The lowest BCUT2D eigenvalue weighted by Crippen LogP contribution is -2.44. The molecule has 22 heavy (non-hydrogen) atoms. The molecular formula is C17H25N3O2. The van der Waals surface area contributed by atoms with Crippen LogP contribution < -0.4 is 0 Å². The number of hydrogen-bond donors (Lipinski definition) is 0. The minimum atomic E-state index is 0.129. The Labute approximate surface area is 131 Å². The van der Waals surface area contributed by atoms with Crippen LogP contribution in [0.4, 0.5) is 0 Å². The standard InChI is InChI=1S/C17H25N3O2/c1-12-15(9-6-10-20(12)13(2)21)17-19-18-16(22-17)11-14-7-4-3-5-8-14/h7,12,15H,3-6,8-11H2,1-2H3/t12-,15-/m0/s1. The zero-order chi connectivity index (χ0) is 15.5. The summed E-state index contributed by atoms with van der Waals surface area (Å²) in [6.45, 7) is 4.55. The Kier molecular flexibility index (Phi) is 4.60. The molecule has 2 atom stereocenters. The van der Waals surface area contributed by atoms with Crippen LogP contribution in [0.3, 0.4) is 0 Å². The van der Waals surface area contributed by atoms with Gasteiger partial charge in [0.05, 0.1) is 5.92 Å². The van der Waals surface area contributed by atoms with E-state index in [0.717, 1.165) is 38.1 Å². The topological polar surface area (TPSA) is 59.2 Å². The Morgan fingerprint density at radius 3 is 2.95 bits per heavy atom. The highest BCUT2D eigenvalue weighted by molar-refractivity contribution is 5.73. The summed E-state index contributed by atoms with van der Waals surface area (Å²) in [5, 5.41) is 8.50. The lowest BCUT2D eigenvalue weighted by atomic mass is 9.90. The second kappa shape index (κ2) is 6.63. The summed E-state index contributed by atoms with van der Waals surface area (Å²) in [7, 11) is 0. The van der Waals surface area contributed by atoms with Crippen molar-refractivity contribution in [3.8, 4) is 0 Å². The Balaban J connectivity index is 1.70. The largest absolute Gasteiger partial charge is 0.425 e. The summed E-state index contributed by atoms with van der Waals surface area (Å²) in [5.41, 5.74) is 1.42. The van der Waals surface area contributed by atoms with Crippen LogP contribution in [-0.4, -0.2) is 33.6 Å². The minimum absolute atomic E-state index is 0.129. The molecule has 0 saturated carbocycles. The van der Waals surface area contributed by atoms with Gasteiger partial charge in [-0.25, -0.2) is 0 Å². The molecule has 5 nitrogen and oxygen atoms in total. The Bertz CT molecular complexity index is 564. The van der Waals surface area contributed by atoms with Crippen LogP contribution in [0.25, 0.3) is 0 Å². The summed E-state index contributed by atoms with van der Waals surface area (Å²) in [4.78, 5) is 13.6. The van der Waals surface area contributed by atoms with Gasteiger partial charge in [-0.15, -0.1) is 10.2 Å². The highest BCUT2D eigenvalue weighted by Gasteiger charge is 2.33. The van der Waals surface area contributed by atoms with E-state index in [1.165, 1.54) is 24.8 Å². The predicted octanol–water partition coefficient (Wildman–Crippen LogP) is 3.23. The van der Waals surface area contributed by atoms with Gasteiger partial charge in [0.15, 0.2) is 0 Å².